The van der Waals surface area contributed by atoms with Gasteiger partial charge in [-0.25, -0.2) is 4.79 Å². The Balaban J connectivity index is 1.41. The van der Waals surface area contributed by atoms with Crippen molar-refractivity contribution in [2.24, 2.45) is 23.7 Å². The average Bonchev–Trinajstić information content (AvgIpc) is 3.08. The molecule has 2 aromatic rings. The Morgan fingerprint density at radius 3 is 2.26 bits per heavy atom. The molecule has 1 saturated heterocycles. The number of imide groups is 1. The summed E-state index contributed by atoms with van der Waals surface area (Å²) in [5.74, 6) is -0.736. The Morgan fingerprint density at radius 1 is 1.00 bits per heavy atom. The van der Waals surface area contributed by atoms with Crippen molar-refractivity contribution in [3.05, 3.63) is 72.6 Å². The van der Waals surface area contributed by atoms with Gasteiger partial charge in [0.1, 0.15) is 6.17 Å². The topological polar surface area (TPSA) is 91.4 Å². The van der Waals surface area contributed by atoms with Crippen LogP contribution in [0.3, 0.4) is 0 Å². The predicted molar refractivity (Wildman–Crippen MR) is 115 cm³/mol. The van der Waals surface area contributed by atoms with Gasteiger partial charge >= 0.3 is 6.03 Å². The Bertz CT molecular complexity index is 992. The van der Waals surface area contributed by atoms with E-state index in [0.29, 0.717) is 12.1 Å². The molecule has 3 aliphatic carbocycles. The van der Waals surface area contributed by atoms with E-state index in [2.05, 4.69) is 27.8 Å². The van der Waals surface area contributed by atoms with Crippen LogP contribution >= 0.6 is 0 Å². The maximum atomic E-state index is 13.4. The lowest BCUT2D eigenvalue weighted by molar-refractivity contribution is -0.143. The molecule has 2 fully saturated rings. The molecule has 31 heavy (non-hydrogen) atoms. The Kier molecular flexibility index (Phi) is 5.02. The minimum absolute atomic E-state index is 0.109. The Morgan fingerprint density at radius 2 is 1.68 bits per heavy atom. The zero-order valence-electron chi connectivity index (χ0n) is 17.0. The monoisotopic (exact) mass is 416 g/mol. The third kappa shape index (κ3) is 3.60. The Labute approximate surface area is 180 Å². The first-order valence-electron chi connectivity index (χ1n) is 10.7. The van der Waals surface area contributed by atoms with Crippen LogP contribution in [0.2, 0.25) is 0 Å². The number of amides is 4. The molecule has 2 bridgehead atoms. The van der Waals surface area contributed by atoms with E-state index >= 15 is 0 Å². The average molecular weight is 416 g/mol. The largest absolute Gasteiger partial charge is 0.320 e. The van der Waals surface area contributed by atoms with Gasteiger partial charge in [-0.3, -0.25) is 19.5 Å². The lowest BCUT2D eigenvalue weighted by Gasteiger charge is -2.38. The van der Waals surface area contributed by atoms with E-state index in [-0.39, 0.29) is 35.5 Å². The number of fused-ring (bicyclic) bond motifs is 1. The molecule has 1 aromatic carbocycles. The standard InChI is InChI=1S/C24H24N4O3/c29-22-20-16-8-9-17(11-10-16)21(20)23(30)28(22)19(13-15-5-2-1-3-6-15)27-24(31)26-18-7-4-12-25-14-18/h1-9,12,14,16-17,19-21H,10-11,13H2,(H2,26,27,31)/t16-,17-,19+,20-,21+/m0/s1. The third-order valence-electron chi connectivity index (χ3n) is 6.59. The van der Waals surface area contributed by atoms with E-state index in [1.165, 1.54) is 11.1 Å². The van der Waals surface area contributed by atoms with Gasteiger partial charge < -0.3 is 10.6 Å². The number of rotatable bonds is 5. The van der Waals surface area contributed by atoms with Gasteiger partial charge in [0.15, 0.2) is 0 Å². The molecule has 1 aromatic heterocycles. The van der Waals surface area contributed by atoms with Crippen LogP contribution in [0.25, 0.3) is 0 Å². The number of pyridine rings is 1. The van der Waals surface area contributed by atoms with Crippen LogP contribution in [-0.2, 0) is 16.0 Å². The van der Waals surface area contributed by atoms with Crippen molar-refractivity contribution in [2.45, 2.75) is 25.4 Å². The summed E-state index contributed by atoms with van der Waals surface area (Å²) in [6.45, 7) is 0. The van der Waals surface area contributed by atoms with E-state index < -0.39 is 12.2 Å². The molecule has 7 nitrogen and oxygen atoms in total. The number of nitrogens with zero attached hydrogens (tertiary/aromatic N) is 2. The first-order valence-corrected chi connectivity index (χ1v) is 10.7. The van der Waals surface area contributed by atoms with E-state index in [1.807, 2.05) is 30.3 Å². The molecule has 2 N–H and O–H groups in total. The van der Waals surface area contributed by atoms with Gasteiger partial charge in [-0.15, -0.1) is 0 Å². The maximum absolute atomic E-state index is 13.4. The van der Waals surface area contributed by atoms with Crippen LogP contribution in [0.5, 0.6) is 0 Å². The van der Waals surface area contributed by atoms with Crippen LogP contribution in [0.4, 0.5) is 10.5 Å². The summed E-state index contributed by atoms with van der Waals surface area (Å²) in [4.78, 5) is 44.8. The molecular weight excluding hydrogens is 392 g/mol. The van der Waals surface area contributed by atoms with Crippen LogP contribution in [0.1, 0.15) is 18.4 Å². The van der Waals surface area contributed by atoms with Crippen LogP contribution in [0, 0.1) is 23.7 Å². The molecule has 1 saturated carbocycles. The van der Waals surface area contributed by atoms with Crippen LogP contribution < -0.4 is 10.6 Å². The molecule has 0 unspecified atom stereocenters. The first kappa shape index (κ1) is 19.5. The number of nitrogens with one attached hydrogen (secondary N) is 2. The van der Waals surface area contributed by atoms with Crippen molar-refractivity contribution in [3.63, 3.8) is 0 Å². The fourth-order valence-corrected chi connectivity index (χ4v) is 5.20. The minimum Gasteiger partial charge on any atom is -0.317 e. The number of hydrogen-bond donors (Lipinski definition) is 2. The van der Waals surface area contributed by atoms with Crippen LogP contribution in [-0.4, -0.2) is 33.9 Å². The fourth-order valence-electron chi connectivity index (χ4n) is 5.20. The van der Waals surface area contributed by atoms with Crippen molar-refractivity contribution in [1.29, 1.82) is 0 Å². The molecule has 2 heterocycles. The molecule has 158 valence electrons. The SMILES string of the molecule is O=C(Nc1cccnc1)N[C@@H](Cc1ccccc1)N1C(=O)[C@@H]2[C@H](C1=O)[C@H]1C=C[C@H]2CC1. The number of aromatic nitrogens is 1. The van der Waals surface area contributed by atoms with Gasteiger partial charge in [0, 0.05) is 12.6 Å². The zero-order chi connectivity index (χ0) is 21.4. The summed E-state index contributed by atoms with van der Waals surface area (Å²) in [6.07, 6.45) is 8.81. The summed E-state index contributed by atoms with van der Waals surface area (Å²) < 4.78 is 0. The highest BCUT2D eigenvalue weighted by Gasteiger charge is 2.58. The minimum atomic E-state index is -0.760. The summed E-state index contributed by atoms with van der Waals surface area (Å²) in [7, 11) is 0. The van der Waals surface area contributed by atoms with Gasteiger partial charge in [0.25, 0.3) is 0 Å². The van der Waals surface area contributed by atoms with Crippen molar-refractivity contribution in [1.82, 2.24) is 15.2 Å². The summed E-state index contributed by atoms with van der Waals surface area (Å²) in [6, 6.07) is 12.5. The van der Waals surface area contributed by atoms with E-state index in [4.69, 9.17) is 0 Å². The lowest BCUT2D eigenvalue weighted by atomic mass is 9.63. The molecule has 0 spiro atoms. The smallest absolute Gasteiger partial charge is 0.317 e. The number of carbonyl (C=O) groups is 3. The van der Waals surface area contributed by atoms with Crippen LogP contribution in [0.15, 0.2) is 67.0 Å². The van der Waals surface area contributed by atoms with E-state index in [9.17, 15) is 14.4 Å². The number of likely N-dealkylation sites (tertiary alicyclic amines) is 1. The van der Waals surface area contributed by atoms with Gasteiger partial charge in [-0.1, -0.05) is 42.5 Å². The molecule has 4 amide bonds. The number of allylic oxidation sites excluding steroid dienone is 2. The molecule has 5 atom stereocenters. The van der Waals surface area contributed by atoms with E-state index in [1.54, 1.807) is 18.3 Å². The molecule has 0 radical (unpaired) electrons. The van der Waals surface area contributed by atoms with Gasteiger partial charge in [-0.2, -0.15) is 0 Å². The second-order valence-electron chi connectivity index (χ2n) is 8.43. The molecular formula is C24H24N4O3. The third-order valence-corrected chi connectivity index (χ3v) is 6.59. The molecule has 4 aliphatic rings. The number of urea groups is 1. The number of hydrogen-bond acceptors (Lipinski definition) is 4. The summed E-state index contributed by atoms with van der Waals surface area (Å²) in [5.41, 5.74) is 1.47. The molecule has 1 aliphatic heterocycles. The predicted octanol–water partition coefficient (Wildman–Crippen LogP) is 2.97. The van der Waals surface area contributed by atoms with E-state index in [0.717, 1.165) is 18.4 Å². The van der Waals surface area contributed by atoms with Crippen molar-refractivity contribution >= 4 is 23.5 Å². The summed E-state index contributed by atoms with van der Waals surface area (Å²) in [5, 5.41) is 5.59. The second-order valence-corrected chi connectivity index (χ2v) is 8.43. The van der Waals surface area contributed by atoms with Crippen molar-refractivity contribution in [3.8, 4) is 0 Å². The first-order chi connectivity index (χ1) is 15.1. The fraction of sp³-hybridized carbons (Fsp3) is 0.333. The van der Waals surface area contributed by atoms with Crippen molar-refractivity contribution in [2.75, 3.05) is 5.32 Å². The lowest BCUT2D eigenvalue weighted by Crippen LogP contribution is -2.53. The second kappa shape index (κ2) is 7.98. The highest BCUT2D eigenvalue weighted by Crippen LogP contribution is 2.49. The quantitative estimate of drug-likeness (QED) is 0.579. The zero-order valence-corrected chi connectivity index (χ0v) is 17.0. The number of carbonyl (C=O) groups excluding carboxylic acids is 3. The maximum Gasteiger partial charge on any atom is 0.320 e. The number of benzene rings is 1. The highest BCUT2D eigenvalue weighted by molar-refractivity contribution is 6.06. The van der Waals surface area contributed by atoms with Gasteiger partial charge in [0.05, 0.1) is 23.7 Å². The van der Waals surface area contributed by atoms with Gasteiger partial charge in [0.2, 0.25) is 11.8 Å². The molecule has 7 heteroatoms. The Hall–Kier alpha value is -3.48. The number of anilines is 1. The normalized spacial score (nSPS) is 27.2. The van der Waals surface area contributed by atoms with Gasteiger partial charge in [-0.05, 0) is 42.4 Å². The van der Waals surface area contributed by atoms with Crippen molar-refractivity contribution < 1.29 is 14.4 Å². The molecule has 6 rings (SSSR count). The summed E-state index contributed by atoms with van der Waals surface area (Å²) >= 11 is 0. The highest BCUT2D eigenvalue weighted by atomic mass is 16.2.